The van der Waals surface area contributed by atoms with E-state index in [1.807, 2.05) is 0 Å². The minimum absolute atomic E-state index is 0.0397. The number of nitrogens with one attached hydrogen (secondary N) is 1. The fourth-order valence-electron chi connectivity index (χ4n) is 2.14. The lowest BCUT2D eigenvalue weighted by Gasteiger charge is -2.21. The molecule has 6 nitrogen and oxygen atoms in total. The van der Waals surface area contributed by atoms with Crippen LogP contribution in [0, 0.1) is 0 Å². The molecule has 0 aromatic heterocycles. The second-order valence-electron chi connectivity index (χ2n) is 6.35. The minimum Gasteiger partial charge on any atom is -0.444 e. The molecule has 0 fully saturated rings. The number of rotatable bonds is 4. The van der Waals surface area contributed by atoms with Crippen LogP contribution < -0.4 is 15.9 Å². The van der Waals surface area contributed by atoms with Crippen molar-refractivity contribution in [2.45, 2.75) is 32.5 Å². The summed E-state index contributed by atoms with van der Waals surface area (Å²) in [5.74, 6) is -0.371. The molecule has 1 aliphatic rings. The smallest absolute Gasteiger partial charge is 0.407 e. The summed E-state index contributed by atoms with van der Waals surface area (Å²) >= 11 is 0. The standard InChI is InChI=1S/C17H19FN2O4/c1-17(2,3)24-16(23)19-9-12(8-18)15(22)10-4-5-13-11(6-10)7-14(21)20-13/h4-8,15,22H,9H2,1-3H3,(H,19,23)/b12-8+. The van der Waals surface area contributed by atoms with E-state index in [1.165, 1.54) is 6.08 Å². The molecule has 0 spiro atoms. The van der Waals surface area contributed by atoms with Crippen molar-refractivity contribution >= 4 is 18.1 Å². The molecule has 2 rings (SSSR count). The van der Waals surface area contributed by atoms with E-state index >= 15 is 0 Å². The van der Waals surface area contributed by atoms with E-state index in [0.29, 0.717) is 16.1 Å². The number of carbonyl (C=O) groups is 2. The maximum absolute atomic E-state index is 13.1. The molecule has 1 atom stereocenters. The maximum atomic E-state index is 13.1. The third kappa shape index (κ3) is 4.48. The second kappa shape index (κ2) is 6.92. The van der Waals surface area contributed by atoms with Gasteiger partial charge >= 0.3 is 6.09 Å². The number of nitrogens with zero attached hydrogens (tertiary/aromatic N) is 1. The lowest BCUT2D eigenvalue weighted by atomic mass is 10.0. The Hall–Kier alpha value is -2.54. The predicted octanol–water partition coefficient (Wildman–Crippen LogP) is 1.04. The van der Waals surface area contributed by atoms with E-state index < -0.39 is 17.8 Å². The van der Waals surface area contributed by atoms with Crippen LogP contribution in [0.15, 0.2) is 35.1 Å². The first-order valence-electron chi connectivity index (χ1n) is 7.38. The zero-order valence-corrected chi connectivity index (χ0v) is 13.7. The number of benzene rings is 1. The van der Waals surface area contributed by atoms with Crippen molar-refractivity contribution in [3.8, 4) is 0 Å². The molecule has 2 amide bonds. The van der Waals surface area contributed by atoms with Crippen LogP contribution in [0.3, 0.4) is 0 Å². The molecule has 1 unspecified atom stereocenters. The summed E-state index contributed by atoms with van der Waals surface area (Å²) in [7, 11) is 0. The van der Waals surface area contributed by atoms with Gasteiger partial charge in [0.1, 0.15) is 11.7 Å². The molecule has 1 aromatic carbocycles. The highest BCUT2D eigenvalue weighted by atomic mass is 19.1. The number of aliphatic hydroxyl groups excluding tert-OH is 1. The summed E-state index contributed by atoms with van der Waals surface area (Å²) in [5, 5.41) is 13.8. The van der Waals surface area contributed by atoms with Gasteiger partial charge in [-0.15, -0.1) is 0 Å². The van der Waals surface area contributed by atoms with Crippen LogP contribution in [0.25, 0.3) is 6.08 Å². The number of amides is 2. The number of ether oxygens (including phenoxy) is 1. The van der Waals surface area contributed by atoms with Crippen molar-refractivity contribution in [1.82, 2.24) is 5.32 Å². The van der Waals surface area contributed by atoms with Crippen LogP contribution in [0.1, 0.15) is 32.4 Å². The normalized spacial score (nSPS) is 15.2. The lowest BCUT2D eigenvalue weighted by Crippen LogP contribution is -2.34. The number of alkyl carbamates (subject to hydrolysis) is 1. The van der Waals surface area contributed by atoms with Gasteiger partial charge in [0.25, 0.3) is 5.91 Å². The van der Waals surface area contributed by atoms with Gasteiger partial charge in [-0.3, -0.25) is 4.79 Å². The predicted molar refractivity (Wildman–Crippen MR) is 85.1 cm³/mol. The molecule has 24 heavy (non-hydrogen) atoms. The van der Waals surface area contributed by atoms with Crippen molar-refractivity contribution in [2.75, 3.05) is 6.54 Å². The number of hydrogen-bond donors (Lipinski definition) is 2. The van der Waals surface area contributed by atoms with E-state index in [-0.39, 0.29) is 24.4 Å². The molecule has 0 saturated carbocycles. The van der Waals surface area contributed by atoms with E-state index in [4.69, 9.17) is 4.74 Å². The maximum Gasteiger partial charge on any atom is 0.407 e. The first kappa shape index (κ1) is 17.8. The van der Waals surface area contributed by atoms with Gasteiger partial charge in [0, 0.05) is 23.4 Å². The molecule has 1 aromatic rings. The zero-order valence-electron chi connectivity index (χ0n) is 13.7. The summed E-state index contributed by atoms with van der Waals surface area (Å²) < 4.78 is 18.2. The molecular formula is C17H19FN2O4. The van der Waals surface area contributed by atoms with Crippen LogP contribution in [-0.4, -0.2) is 29.3 Å². The molecule has 0 bridgehead atoms. The molecule has 0 radical (unpaired) electrons. The molecule has 0 saturated heterocycles. The summed E-state index contributed by atoms with van der Waals surface area (Å²) in [6.07, 6.45) is -0.391. The Morgan fingerprint density at radius 1 is 1.46 bits per heavy atom. The van der Waals surface area contributed by atoms with Gasteiger partial charge in [0.2, 0.25) is 0 Å². The second-order valence-corrected chi connectivity index (χ2v) is 6.35. The van der Waals surface area contributed by atoms with Gasteiger partial charge in [0.15, 0.2) is 0 Å². The van der Waals surface area contributed by atoms with Gasteiger partial charge in [-0.2, -0.15) is 0 Å². The molecule has 1 aliphatic heterocycles. The van der Waals surface area contributed by atoms with Gasteiger partial charge in [-0.05, 0) is 38.5 Å². The van der Waals surface area contributed by atoms with Crippen LogP contribution in [0.5, 0.6) is 0 Å². The molecular weight excluding hydrogens is 315 g/mol. The van der Waals surface area contributed by atoms with E-state index in [1.54, 1.807) is 39.0 Å². The highest BCUT2D eigenvalue weighted by molar-refractivity contribution is 6.06. The number of fused-ring (bicyclic) bond motifs is 1. The average molecular weight is 334 g/mol. The molecule has 2 N–H and O–H groups in total. The zero-order chi connectivity index (χ0) is 17.9. The summed E-state index contributed by atoms with van der Waals surface area (Å²) in [5.41, 5.74) is -0.319. The Labute approximate surface area is 138 Å². The SMILES string of the molecule is CC(C)(C)OC(=O)NC/C(=C\F)C(O)c1ccc2c(c1)=CC(=O)N=2. The topological polar surface area (TPSA) is 88.0 Å². The van der Waals surface area contributed by atoms with Crippen LogP contribution in [0.2, 0.25) is 0 Å². The van der Waals surface area contributed by atoms with Gasteiger partial charge in [-0.1, -0.05) is 6.07 Å². The van der Waals surface area contributed by atoms with Crippen molar-refractivity contribution in [1.29, 1.82) is 0 Å². The molecule has 1 heterocycles. The first-order valence-corrected chi connectivity index (χ1v) is 7.38. The number of carbonyl (C=O) groups excluding carboxylic acids is 2. The number of halogens is 1. The Bertz CT molecular complexity index is 809. The summed E-state index contributed by atoms with van der Waals surface area (Å²) in [4.78, 5) is 26.6. The first-order chi connectivity index (χ1) is 11.2. The third-order valence-electron chi connectivity index (χ3n) is 3.20. The number of hydrogen-bond acceptors (Lipinski definition) is 4. The van der Waals surface area contributed by atoms with Crippen LogP contribution in [0.4, 0.5) is 9.18 Å². The Balaban J connectivity index is 2.08. The molecule has 0 aliphatic carbocycles. The highest BCUT2D eigenvalue weighted by Crippen LogP contribution is 2.20. The van der Waals surface area contributed by atoms with Crippen LogP contribution >= 0.6 is 0 Å². The fraction of sp³-hybridized carbons (Fsp3) is 0.353. The molecule has 128 valence electrons. The van der Waals surface area contributed by atoms with Gasteiger partial charge in [0.05, 0.1) is 11.7 Å². The summed E-state index contributed by atoms with van der Waals surface area (Å²) in [6, 6.07) is 4.69. The Morgan fingerprint density at radius 2 is 2.17 bits per heavy atom. The lowest BCUT2D eigenvalue weighted by molar-refractivity contribution is -0.112. The monoisotopic (exact) mass is 334 g/mol. The van der Waals surface area contributed by atoms with Crippen LogP contribution in [-0.2, 0) is 9.53 Å². The Kier molecular flexibility index (Phi) is 5.14. The largest absolute Gasteiger partial charge is 0.444 e. The fourth-order valence-corrected chi connectivity index (χ4v) is 2.14. The van der Waals surface area contributed by atoms with Crippen molar-refractivity contribution < 1.29 is 23.8 Å². The quantitative estimate of drug-likeness (QED) is 0.861. The van der Waals surface area contributed by atoms with Gasteiger partial charge in [-0.25, -0.2) is 14.2 Å². The molecule has 7 heteroatoms. The Morgan fingerprint density at radius 3 is 2.79 bits per heavy atom. The van der Waals surface area contributed by atoms with Crippen molar-refractivity contribution in [3.63, 3.8) is 0 Å². The van der Waals surface area contributed by atoms with Crippen molar-refractivity contribution in [3.05, 3.63) is 46.2 Å². The highest BCUT2D eigenvalue weighted by Gasteiger charge is 2.19. The van der Waals surface area contributed by atoms with Crippen molar-refractivity contribution in [2.24, 2.45) is 4.99 Å². The van der Waals surface area contributed by atoms with Gasteiger partial charge < -0.3 is 15.2 Å². The number of aliphatic hydroxyl groups is 1. The summed E-state index contributed by atoms with van der Waals surface area (Å²) in [6.45, 7) is 4.92. The average Bonchev–Trinajstić information content (AvgIpc) is 2.84. The van der Waals surface area contributed by atoms with E-state index in [0.717, 1.165) is 0 Å². The minimum atomic E-state index is -1.26. The van der Waals surface area contributed by atoms with E-state index in [9.17, 15) is 19.1 Å². The third-order valence-corrected chi connectivity index (χ3v) is 3.20. The van der Waals surface area contributed by atoms with E-state index in [2.05, 4.69) is 10.3 Å².